The van der Waals surface area contributed by atoms with Gasteiger partial charge in [-0.15, -0.1) is 0 Å². The summed E-state index contributed by atoms with van der Waals surface area (Å²) in [5.41, 5.74) is 12.3. The predicted octanol–water partition coefficient (Wildman–Crippen LogP) is 1.63. The first-order valence-electron chi connectivity index (χ1n) is 7.21. The van der Waals surface area contributed by atoms with Gasteiger partial charge in [0.15, 0.2) is 0 Å². The highest BCUT2D eigenvalue weighted by molar-refractivity contribution is 5.93. The van der Waals surface area contributed by atoms with E-state index in [1.807, 2.05) is 6.92 Å². The zero-order chi connectivity index (χ0) is 14.5. The fourth-order valence-corrected chi connectivity index (χ4v) is 2.86. The molecule has 4 N–H and O–H groups in total. The number of hydrogen-bond acceptors (Lipinski definition) is 4. The van der Waals surface area contributed by atoms with E-state index in [-0.39, 0.29) is 0 Å². The molecule has 0 saturated heterocycles. The number of pyridine rings is 1. The molecule has 1 aromatic rings. The second kappa shape index (κ2) is 6.70. The van der Waals surface area contributed by atoms with Crippen molar-refractivity contribution in [2.75, 3.05) is 13.2 Å². The van der Waals surface area contributed by atoms with E-state index in [4.69, 9.17) is 16.2 Å². The second-order valence-electron chi connectivity index (χ2n) is 5.55. The van der Waals surface area contributed by atoms with E-state index in [1.54, 1.807) is 12.1 Å². The lowest BCUT2D eigenvalue weighted by Gasteiger charge is -2.30. The molecular weight excluding hydrogens is 254 g/mol. The van der Waals surface area contributed by atoms with Gasteiger partial charge in [0.1, 0.15) is 0 Å². The summed E-state index contributed by atoms with van der Waals surface area (Å²) >= 11 is 0. The first-order valence-corrected chi connectivity index (χ1v) is 7.21. The number of amides is 1. The molecule has 0 spiro atoms. The predicted molar refractivity (Wildman–Crippen MR) is 77.5 cm³/mol. The summed E-state index contributed by atoms with van der Waals surface area (Å²) in [6, 6.07) is 3.27. The van der Waals surface area contributed by atoms with Crippen LogP contribution in [0.15, 0.2) is 12.1 Å². The minimum Gasteiger partial charge on any atom is -0.477 e. The van der Waals surface area contributed by atoms with E-state index in [0.29, 0.717) is 36.4 Å². The quantitative estimate of drug-likeness (QED) is 0.855. The SMILES string of the molecule is Cc1cc(C(N)=O)cc(OCC2CCCCC2CN)n1. The van der Waals surface area contributed by atoms with Crippen LogP contribution in [0.1, 0.15) is 41.7 Å². The Labute approximate surface area is 119 Å². The molecule has 1 aliphatic rings. The van der Waals surface area contributed by atoms with Crippen LogP contribution < -0.4 is 16.2 Å². The van der Waals surface area contributed by atoms with E-state index in [0.717, 1.165) is 12.1 Å². The van der Waals surface area contributed by atoms with Crippen molar-refractivity contribution in [1.82, 2.24) is 4.98 Å². The number of carbonyl (C=O) groups is 1. The molecule has 5 heteroatoms. The van der Waals surface area contributed by atoms with Crippen molar-refractivity contribution in [3.63, 3.8) is 0 Å². The van der Waals surface area contributed by atoms with Gasteiger partial charge in [-0.05, 0) is 44.2 Å². The van der Waals surface area contributed by atoms with Crippen LogP contribution in [0, 0.1) is 18.8 Å². The van der Waals surface area contributed by atoms with Crippen LogP contribution in [0.4, 0.5) is 0 Å². The van der Waals surface area contributed by atoms with Gasteiger partial charge in [-0.1, -0.05) is 12.8 Å². The molecule has 1 heterocycles. The van der Waals surface area contributed by atoms with Gasteiger partial charge in [-0.25, -0.2) is 4.98 Å². The summed E-state index contributed by atoms with van der Waals surface area (Å²) in [5, 5.41) is 0. The Balaban J connectivity index is 2.01. The third-order valence-electron chi connectivity index (χ3n) is 4.03. The number of nitrogens with two attached hydrogens (primary N) is 2. The Kier molecular flexibility index (Phi) is 4.95. The van der Waals surface area contributed by atoms with Crippen molar-refractivity contribution >= 4 is 5.91 Å². The van der Waals surface area contributed by atoms with Crippen LogP contribution in [-0.4, -0.2) is 24.0 Å². The summed E-state index contributed by atoms with van der Waals surface area (Å²) in [6.07, 6.45) is 4.82. The molecule has 20 heavy (non-hydrogen) atoms. The first kappa shape index (κ1) is 14.8. The highest BCUT2D eigenvalue weighted by Gasteiger charge is 2.24. The molecule has 2 atom stereocenters. The fraction of sp³-hybridized carbons (Fsp3) is 0.600. The smallest absolute Gasteiger partial charge is 0.248 e. The summed E-state index contributed by atoms with van der Waals surface area (Å²) in [6.45, 7) is 3.14. The summed E-state index contributed by atoms with van der Waals surface area (Å²) in [5.74, 6) is 1.02. The lowest BCUT2D eigenvalue weighted by molar-refractivity contribution is 0.0999. The first-order chi connectivity index (χ1) is 9.60. The largest absolute Gasteiger partial charge is 0.477 e. The van der Waals surface area contributed by atoms with Crippen molar-refractivity contribution in [3.8, 4) is 5.88 Å². The zero-order valence-corrected chi connectivity index (χ0v) is 12.0. The normalized spacial score (nSPS) is 22.5. The third-order valence-corrected chi connectivity index (χ3v) is 4.03. The molecule has 1 aromatic heterocycles. The summed E-state index contributed by atoms with van der Waals surface area (Å²) in [7, 11) is 0. The van der Waals surface area contributed by atoms with Crippen molar-refractivity contribution in [2.24, 2.45) is 23.3 Å². The number of rotatable bonds is 5. The van der Waals surface area contributed by atoms with Gasteiger partial charge in [0.05, 0.1) is 6.61 Å². The van der Waals surface area contributed by atoms with Crippen molar-refractivity contribution in [1.29, 1.82) is 0 Å². The van der Waals surface area contributed by atoms with Gasteiger partial charge < -0.3 is 16.2 Å². The molecule has 1 saturated carbocycles. The maximum atomic E-state index is 11.2. The van der Waals surface area contributed by atoms with Gasteiger partial charge in [0.2, 0.25) is 11.8 Å². The van der Waals surface area contributed by atoms with Crippen LogP contribution >= 0.6 is 0 Å². The standard InChI is InChI=1S/C15H23N3O2/c1-10-6-13(15(17)19)7-14(18-10)20-9-12-5-3-2-4-11(12)8-16/h6-7,11-12H,2-5,8-9,16H2,1H3,(H2,17,19). The van der Waals surface area contributed by atoms with Crippen LogP contribution in [-0.2, 0) is 0 Å². The molecule has 0 aromatic carbocycles. The minimum absolute atomic E-state index is 0.437. The van der Waals surface area contributed by atoms with E-state index in [1.165, 1.54) is 19.3 Å². The Morgan fingerprint density at radius 3 is 2.70 bits per heavy atom. The van der Waals surface area contributed by atoms with Crippen molar-refractivity contribution in [3.05, 3.63) is 23.4 Å². The molecule has 1 amide bonds. The molecular formula is C15H23N3O2. The number of aryl methyl sites for hydroxylation is 1. The molecule has 1 fully saturated rings. The average molecular weight is 277 g/mol. The van der Waals surface area contributed by atoms with E-state index in [2.05, 4.69) is 4.98 Å². The van der Waals surface area contributed by atoms with Gasteiger partial charge in [0, 0.05) is 17.3 Å². The maximum Gasteiger partial charge on any atom is 0.248 e. The van der Waals surface area contributed by atoms with Gasteiger partial charge in [-0.2, -0.15) is 0 Å². The highest BCUT2D eigenvalue weighted by Crippen LogP contribution is 2.29. The zero-order valence-electron chi connectivity index (χ0n) is 12.0. The lowest BCUT2D eigenvalue weighted by atomic mass is 9.80. The van der Waals surface area contributed by atoms with Crippen LogP contribution in [0.3, 0.4) is 0 Å². The number of carbonyl (C=O) groups excluding carboxylic acids is 1. The molecule has 0 bridgehead atoms. The van der Waals surface area contributed by atoms with Crippen LogP contribution in [0.25, 0.3) is 0 Å². The number of ether oxygens (including phenoxy) is 1. The molecule has 0 radical (unpaired) electrons. The Morgan fingerprint density at radius 2 is 2.05 bits per heavy atom. The minimum atomic E-state index is -0.460. The van der Waals surface area contributed by atoms with E-state index >= 15 is 0 Å². The Bertz CT molecular complexity index is 476. The van der Waals surface area contributed by atoms with Crippen LogP contribution in [0.2, 0.25) is 0 Å². The Hall–Kier alpha value is -1.62. The summed E-state index contributed by atoms with van der Waals surface area (Å²) in [4.78, 5) is 15.5. The lowest BCUT2D eigenvalue weighted by Crippen LogP contribution is -2.30. The molecule has 2 rings (SSSR count). The van der Waals surface area contributed by atoms with Crippen molar-refractivity contribution < 1.29 is 9.53 Å². The fourth-order valence-electron chi connectivity index (χ4n) is 2.86. The van der Waals surface area contributed by atoms with E-state index in [9.17, 15) is 4.79 Å². The average Bonchev–Trinajstić information content (AvgIpc) is 2.44. The maximum absolute atomic E-state index is 11.2. The van der Waals surface area contributed by atoms with E-state index < -0.39 is 5.91 Å². The third kappa shape index (κ3) is 3.70. The number of primary amides is 1. The van der Waals surface area contributed by atoms with Crippen molar-refractivity contribution in [2.45, 2.75) is 32.6 Å². The molecule has 110 valence electrons. The monoisotopic (exact) mass is 277 g/mol. The molecule has 0 aliphatic heterocycles. The number of nitrogens with zero attached hydrogens (tertiary/aromatic N) is 1. The second-order valence-corrected chi connectivity index (χ2v) is 5.55. The highest BCUT2D eigenvalue weighted by atomic mass is 16.5. The molecule has 5 nitrogen and oxygen atoms in total. The van der Waals surface area contributed by atoms with Crippen LogP contribution in [0.5, 0.6) is 5.88 Å². The number of aromatic nitrogens is 1. The number of hydrogen-bond donors (Lipinski definition) is 2. The molecule has 2 unspecified atom stereocenters. The topological polar surface area (TPSA) is 91.2 Å². The van der Waals surface area contributed by atoms with Gasteiger partial charge in [-0.3, -0.25) is 4.79 Å². The summed E-state index contributed by atoms with van der Waals surface area (Å²) < 4.78 is 5.77. The van der Waals surface area contributed by atoms with Gasteiger partial charge in [0.25, 0.3) is 0 Å². The Morgan fingerprint density at radius 1 is 1.35 bits per heavy atom. The molecule has 1 aliphatic carbocycles. The van der Waals surface area contributed by atoms with Gasteiger partial charge >= 0.3 is 0 Å².